The summed E-state index contributed by atoms with van der Waals surface area (Å²) in [6.07, 6.45) is 12.3. The van der Waals surface area contributed by atoms with Crippen molar-refractivity contribution in [3.63, 3.8) is 0 Å². The Morgan fingerprint density at radius 2 is 1.95 bits per heavy atom. The van der Waals surface area contributed by atoms with E-state index in [9.17, 15) is 4.79 Å². The number of likely N-dealkylation sites (tertiary alicyclic amines) is 1. The summed E-state index contributed by atoms with van der Waals surface area (Å²) in [6, 6.07) is 0.0893. The van der Waals surface area contributed by atoms with Gasteiger partial charge in [-0.2, -0.15) is 0 Å². The van der Waals surface area contributed by atoms with Crippen LogP contribution in [-0.2, 0) is 14.2 Å². The van der Waals surface area contributed by atoms with Gasteiger partial charge in [0.2, 0.25) is 0 Å². The van der Waals surface area contributed by atoms with Gasteiger partial charge in [-0.15, -0.1) is 0 Å². The van der Waals surface area contributed by atoms with E-state index in [1.165, 1.54) is 37.7 Å². The quantitative estimate of drug-likeness (QED) is 0.338. The van der Waals surface area contributed by atoms with E-state index in [0.717, 1.165) is 44.2 Å². The smallest absolute Gasteiger partial charge is 0.410 e. The van der Waals surface area contributed by atoms with Gasteiger partial charge in [-0.05, 0) is 121 Å². The Kier molecular flexibility index (Phi) is 6.86. The van der Waals surface area contributed by atoms with Gasteiger partial charge in [-0.3, -0.25) is 0 Å². The Morgan fingerprint density at radius 1 is 1.18 bits per heavy atom. The highest BCUT2D eigenvalue weighted by Crippen LogP contribution is 2.65. The van der Waals surface area contributed by atoms with Crippen LogP contribution >= 0.6 is 0 Å². The molecule has 6 aliphatic rings. The van der Waals surface area contributed by atoms with Gasteiger partial charge < -0.3 is 19.1 Å². The third-order valence-corrected chi connectivity index (χ3v) is 12.0. The second kappa shape index (κ2) is 9.61. The van der Waals surface area contributed by atoms with E-state index in [1.807, 2.05) is 25.7 Å². The van der Waals surface area contributed by atoms with Crippen LogP contribution in [0, 0.1) is 35.0 Å². The molecule has 0 aromatic rings. The van der Waals surface area contributed by atoms with Crippen LogP contribution in [0.25, 0.3) is 0 Å². The molecule has 2 aliphatic heterocycles. The van der Waals surface area contributed by atoms with Crippen LogP contribution in [0.3, 0.4) is 0 Å². The summed E-state index contributed by atoms with van der Waals surface area (Å²) in [6.45, 7) is 19.2. The minimum absolute atomic E-state index is 0.0893. The normalized spacial score (nSPS) is 45.4. The zero-order chi connectivity index (χ0) is 27.9. The minimum atomic E-state index is -0.492. The molecule has 0 unspecified atom stereocenters. The van der Waals surface area contributed by atoms with E-state index in [1.54, 1.807) is 11.1 Å². The van der Waals surface area contributed by atoms with Gasteiger partial charge in [0.25, 0.3) is 0 Å². The fraction of sp³-hybridized carbons (Fsp3) is 0.853. The molecule has 10 atom stereocenters. The predicted molar refractivity (Wildman–Crippen MR) is 154 cm³/mol. The average Bonchev–Trinajstić information content (AvgIpc) is 3.37. The summed E-state index contributed by atoms with van der Waals surface area (Å²) in [5.74, 6) is 2.88. The molecule has 2 heterocycles. The van der Waals surface area contributed by atoms with Gasteiger partial charge >= 0.3 is 6.09 Å². The topological polar surface area (TPSA) is 48.0 Å². The van der Waals surface area contributed by atoms with E-state index < -0.39 is 5.60 Å². The third-order valence-electron chi connectivity index (χ3n) is 12.0. The molecule has 1 spiro atoms. The van der Waals surface area contributed by atoms with Gasteiger partial charge in [-0.25, -0.2) is 4.79 Å². The number of piperidine rings is 1. The Labute approximate surface area is 237 Å². The summed E-state index contributed by atoms with van der Waals surface area (Å²) in [4.78, 5) is 15.4. The van der Waals surface area contributed by atoms with Crippen molar-refractivity contribution in [3.8, 4) is 0 Å². The first kappa shape index (κ1) is 27.8. The summed E-state index contributed by atoms with van der Waals surface area (Å²) in [5, 5.41) is 0. The molecule has 0 aromatic heterocycles. The van der Waals surface area contributed by atoms with Crippen molar-refractivity contribution in [2.75, 3.05) is 13.2 Å². The maximum atomic E-state index is 13.4. The molecule has 0 N–H and O–H groups in total. The molecule has 4 fully saturated rings. The molecule has 2 saturated carbocycles. The molecule has 5 heteroatoms. The SMILES string of the molecule is CCO[C@H]1CC[C@@]2(C)C(=CC[C@H]3[C@@H]4CC[C@]5(O[C@@H]6C[C@H](C)CN(C(=O)OC(C)(C)C)[C@H]6[C@H]5C)C(C)=C4C[C@@H]32)C1. The number of fused-ring (bicyclic) bond motifs is 6. The van der Waals surface area contributed by atoms with Crippen molar-refractivity contribution in [1.82, 2.24) is 4.90 Å². The van der Waals surface area contributed by atoms with Gasteiger partial charge in [-0.1, -0.05) is 38.0 Å². The summed E-state index contributed by atoms with van der Waals surface area (Å²) < 4.78 is 19.2. The van der Waals surface area contributed by atoms with Crippen molar-refractivity contribution < 1.29 is 19.0 Å². The Morgan fingerprint density at radius 3 is 2.67 bits per heavy atom. The monoisotopic (exact) mass is 539 g/mol. The second-order valence-electron chi connectivity index (χ2n) is 15.3. The molecule has 5 nitrogen and oxygen atoms in total. The first-order valence-electron chi connectivity index (χ1n) is 16.1. The Balaban J connectivity index is 1.28. The lowest BCUT2D eigenvalue weighted by atomic mass is 9.56. The number of allylic oxidation sites excluding steroid dienone is 2. The lowest BCUT2D eigenvalue weighted by Gasteiger charge is -2.49. The molecule has 2 saturated heterocycles. The van der Waals surface area contributed by atoms with Crippen LogP contribution in [0.15, 0.2) is 22.8 Å². The van der Waals surface area contributed by atoms with Crippen LogP contribution < -0.4 is 0 Å². The van der Waals surface area contributed by atoms with E-state index in [-0.39, 0.29) is 29.8 Å². The van der Waals surface area contributed by atoms with Crippen LogP contribution in [0.2, 0.25) is 0 Å². The fourth-order valence-electron chi connectivity index (χ4n) is 10.2. The largest absolute Gasteiger partial charge is 0.444 e. The van der Waals surface area contributed by atoms with Gasteiger partial charge in [0.05, 0.1) is 23.9 Å². The number of carbonyl (C=O) groups is 1. The third kappa shape index (κ3) is 4.35. The predicted octanol–water partition coefficient (Wildman–Crippen LogP) is 7.69. The molecule has 6 rings (SSSR count). The molecule has 39 heavy (non-hydrogen) atoms. The highest BCUT2D eigenvalue weighted by atomic mass is 16.6. The van der Waals surface area contributed by atoms with Gasteiger partial charge in [0, 0.05) is 19.1 Å². The molecule has 218 valence electrons. The molecule has 1 amide bonds. The zero-order valence-corrected chi connectivity index (χ0v) is 25.8. The minimum Gasteiger partial charge on any atom is -0.444 e. The zero-order valence-electron chi connectivity index (χ0n) is 25.8. The number of ether oxygens (including phenoxy) is 3. The molecule has 0 aromatic carbocycles. The summed E-state index contributed by atoms with van der Waals surface area (Å²) >= 11 is 0. The highest BCUT2D eigenvalue weighted by molar-refractivity contribution is 5.69. The highest BCUT2D eigenvalue weighted by Gasteiger charge is 2.62. The van der Waals surface area contributed by atoms with Crippen molar-refractivity contribution in [2.24, 2.45) is 35.0 Å². The van der Waals surface area contributed by atoms with Crippen LogP contribution in [-0.4, -0.2) is 53.6 Å². The van der Waals surface area contributed by atoms with Crippen molar-refractivity contribution in [2.45, 2.75) is 136 Å². The molecule has 0 radical (unpaired) electrons. The van der Waals surface area contributed by atoms with Gasteiger partial charge in [0.15, 0.2) is 0 Å². The number of hydrogen-bond acceptors (Lipinski definition) is 4. The number of rotatable bonds is 2. The van der Waals surface area contributed by atoms with Crippen LogP contribution in [0.1, 0.15) is 107 Å². The van der Waals surface area contributed by atoms with Crippen molar-refractivity contribution in [1.29, 1.82) is 0 Å². The fourth-order valence-corrected chi connectivity index (χ4v) is 10.2. The molecule has 0 bridgehead atoms. The van der Waals surface area contributed by atoms with Crippen molar-refractivity contribution >= 4 is 6.09 Å². The van der Waals surface area contributed by atoms with E-state index in [4.69, 9.17) is 14.2 Å². The van der Waals surface area contributed by atoms with E-state index in [0.29, 0.717) is 23.4 Å². The maximum absolute atomic E-state index is 13.4. The molecule has 4 aliphatic carbocycles. The number of carbonyl (C=O) groups excluding carboxylic acids is 1. The standard InChI is InChI=1S/C34H53NO4/c1-9-37-24-12-14-33(8)23(17-24)10-11-26-25-13-15-34(21(3)27(25)18-28(26)33)22(4)30-29(38-34)16-20(2)19-35(30)31(36)39-32(5,6)7/h10,20,22,24-26,28-30H,9,11-19H2,1-8H3/t20-,22+,24-,25-,26-,28-,29+,30-,33-,34-/m0/s1. The Hall–Kier alpha value is -1.33. The van der Waals surface area contributed by atoms with E-state index >= 15 is 0 Å². The molecular formula is C34H53NO4. The van der Waals surface area contributed by atoms with E-state index in [2.05, 4.69) is 40.7 Å². The number of amides is 1. The van der Waals surface area contributed by atoms with Crippen molar-refractivity contribution in [3.05, 3.63) is 22.8 Å². The van der Waals surface area contributed by atoms with Gasteiger partial charge in [0.1, 0.15) is 5.60 Å². The lowest BCUT2D eigenvalue weighted by molar-refractivity contribution is -0.0668. The lowest BCUT2D eigenvalue weighted by Crippen LogP contribution is -2.55. The van der Waals surface area contributed by atoms with Crippen LogP contribution in [0.4, 0.5) is 4.79 Å². The Bertz CT molecular complexity index is 1060. The maximum Gasteiger partial charge on any atom is 0.410 e. The van der Waals surface area contributed by atoms with Crippen LogP contribution in [0.5, 0.6) is 0 Å². The number of hydrogen-bond donors (Lipinski definition) is 0. The average molecular weight is 540 g/mol. The first-order chi connectivity index (χ1) is 18.4. The molecular weight excluding hydrogens is 486 g/mol. The first-order valence-corrected chi connectivity index (χ1v) is 16.1. The number of nitrogens with zero attached hydrogens (tertiary/aromatic N) is 1. The summed E-state index contributed by atoms with van der Waals surface area (Å²) in [7, 11) is 0. The summed E-state index contributed by atoms with van der Waals surface area (Å²) in [5.41, 5.74) is 4.48. The second-order valence-corrected chi connectivity index (χ2v) is 15.3.